The maximum Gasteiger partial charge on any atom is 0.311 e. The van der Waals surface area contributed by atoms with E-state index in [0.29, 0.717) is 6.61 Å². The second-order valence-electron chi connectivity index (χ2n) is 7.00. The summed E-state index contributed by atoms with van der Waals surface area (Å²) in [5.74, 6) is -0.167. The van der Waals surface area contributed by atoms with Crippen molar-refractivity contribution in [3.05, 3.63) is 33.9 Å². The Balaban J connectivity index is 1.88. The van der Waals surface area contributed by atoms with Gasteiger partial charge in [-0.25, -0.2) is 0 Å². The van der Waals surface area contributed by atoms with E-state index in [2.05, 4.69) is 50.9 Å². The van der Waals surface area contributed by atoms with Crippen molar-refractivity contribution in [1.29, 1.82) is 0 Å². The van der Waals surface area contributed by atoms with Crippen LogP contribution in [0.25, 0.3) is 10.9 Å². The monoisotopic (exact) mass is 390 g/mol. The molecular formula is C19H23BrN2O2. The average Bonchev–Trinajstić information content (AvgIpc) is 2.93. The second kappa shape index (κ2) is 5.88. The fourth-order valence-corrected chi connectivity index (χ4v) is 5.01. The van der Waals surface area contributed by atoms with Crippen LogP contribution in [0.1, 0.15) is 37.9 Å². The number of carbonyl (C=O) groups is 1. The SMILES string of the molecule is CCOC(=O)C1CCCN2CCc3c([nH]c4cc(Br)ccc34)C12C. The van der Waals surface area contributed by atoms with E-state index >= 15 is 0 Å². The molecule has 1 aromatic heterocycles. The molecule has 5 heteroatoms. The van der Waals surface area contributed by atoms with Crippen LogP contribution in [0, 0.1) is 5.92 Å². The number of nitrogens with one attached hydrogen (secondary N) is 1. The molecule has 0 bridgehead atoms. The number of nitrogens with zero attached hydrogens (tertiary/aromatic N) is 1. The summed E-state index contributed by atoms with van der Waals surface area (Å²) in [5, 5.41) is 1.28. The summed E-state index contributed by atoms with van der Waals surface area (Å²) in [5.41, 5.74) is 3.42. The Morgan fingerprint density at radius 3 is 3.08 bits per heavy atom. The number of rotatable bonds is 2. The van der Waals surface area contributed by atoms with Crippen molar-refractivity contribution in [2.45, 2.75) is 38.6 Å². The number of piperidine rings is 1. The quantitative estimate of drug-likeness (QED) is 0.788. The summed E-state index contributed by atoms with van der Waals surface area (Å²) in [6.45, 7) is 6.59. The number of ether oxygens (including phenoxy) is 1. The molecule has 1 saturated heterocycles. The van der Waals surface area contributed by atoms with Crippen LogP contribution in [-0.4, -0.2) is 35.5 Å². The minimum absolute atomic E-state index is 0.0580. The van der Waals surface area contributed by atoms with Crippen LogP contribution in [-0.2, 0) is 21.5 Å². The van der Waals surface area contributed by atoms with Gasteiger partial charge in [0.15, 0.2) is 0 Å². The number of esters is 1. The molecule has 2 aromatic rings. The van der Waals surface area contributed by atoms with Gasteiger partial charge in [-0.3, -0.25) is 9.69 Å². The highest BCUT2D eigenvalue weighted by molar-refractivity contribution is 9.10. The highest BCUT2D eigenvalue weighted by Gasteiger charge is 2.51. The van der Waals surface area contributed by atoms with Crippen LogP contribution in [0.3, 0.4) is 0 Å². The molecule has 24 heavy (non-hydrogen) atoms. The molecule has 4 rings (SSSR count). The van der Waals surface area contributed by atoms with Gasteiger partial charge in [-0.1, -0.05) is 22.0 Å². The van der Waals surface area contributed by atoms with Crippen LogP contribution < -0.4 is 0 Å². The molecule has 1 fully saturated rings. The third-order valence-electron chi connectivity index (χ3n) is 5.83. The number of halogens is 1. The zero-order valence-electron chi connectivity index (χ0n) is 14.2. The van der Waals surface area contributed by atoms with E-state index in [1.165, 1.54) is 16.6 Å². The Labute approximate surface area is 150 Å². The Kier molecular flexibility index (Phi) is 3.96. The lowest BCUT2D eigenvalue weighted by Crippen LogP contribution is -2.58. The number of benzene rings is 1. The van der Waals surface area contributed by atoms with E-state index in [9.17, 15) is 4.79 Å². The van der Waals surface area contributed by atoms with Gasteiger partial charge in [-0.05, 0) is 57.4 Å². The lowest BCUT2D eigenvalue weighted by Gasteiger charge is -2.51. The molecule has 128 valence electrons. The molecule has 4 nitrogen and oxygen atoms in total. The second-order valence-corrected chi connectivity index (χ2v) is 7.92. The van der Waals surface area contributed by atoms with E-state index in [0.717, 1.165) is 42.3 Å². The normalized spacial score (nSPS) is 26.9. The maximum atomic E-state index is 12.7. The van der Waals surface area contributed by atoms with Gasteiger partial charge < -0.3 is 9.72 Å². The van der Waals surface area contributed by atoms with Crippen LogP contribution in [0.4, 0.5) is 0 Å². The van der Waals surface area contributed by atoms with E-state index < -0.39 is 0 Å². The standard InChI is InChI=1S/C19H23BrN2O2/c1-3-24-18(23)15-5-4-9-22-10-8-14-13-7-6-12(20)11-16(13)21-17(14)19(15,22)2/h6-7,11,15,21H,3-5,8-10H2,1-2H3. The summed E-state index contributed by atoms with van der Waals surface area (Å²) in [4.78, 5) is 18.8. The van der Waals surface area contributed by atoms with Crippen molar-refractivity contribution in [3.8, 4) is 0 Å². The molecule has 0 spiro atoms. The Hall–Kier alpha value is -1.33. The van der Waals surface area contributed by atoms with Gasteiger partial charge in [0.05, 0.1) is 18.1 Å². The summed E-state index contributed by atoms with van der Waals surface area (Å²) in [7, 11) is 0. The number of hydrogen-bond donors (Lipinski definition) is 1. The van der Waals surface area contributed by atoms with Crippen molar-refractivity contribution < 1.29 is 9.53 Å². The number of aromatic amines is 1. The van der Waals surface area contributed by atoms with Gasteiger partial charge in [-0.2, -0.15) is 0 Å². The van der Waals surface area contributed by atoms with Gasteiger partial charge in [0.25, 0.3) is 0 Å². The van der Waals surface area contributed by atoms with Gasteiger partial charge in [0.1, 0.15) is 0 Å². The lowest BCUT2D eigenvalue weighted by molar-refractivity contribution is -0.158. The Morgan fingerprint density at radius 1 is 1.46 bits per heavy atom. The lowest BCUT2D eigenvalue weighted by atomic mass is 9.72. The molecule has 0 amide bonds. The third kappa shape index (κ3) is 2.25. The number of hydrogen-bond acceptors (Lipinski definition) is 3. The highest BCUT2D eigenvalue weighted by Crippen LogP contribution is 2.47. The van der Waals surface area contributed by atoms with Crippen molar-refractivity contribution in [3.63, 3.8) is 0 Å². The summed E-state index contributed by atoms with van der Waals surface area (Å²) in [6.07, 6.45) is 2.98. The minimum Gasteiger partial charge on any atom is -0.466 e. The molecule has 2 atom stereocenters. The topological polar surface area (TPSA) is 45.3 Å². The van der Waals surface area contributed by atoms with Crippen molar-refractivity contribution >= 4 is 32.8 Å². The van der Waals surface area contributed by atoms with E-state index in [4.69, 9.17) is 4.74 Å². The summed E-state index contributed by atoms with van der Waals surface area (Å²) < 4.78 is 6.49. The number of carbonyl (C=O) groups excluding carboxylic acids is 1. The van der Waals surface area contributed by atoms with Gasteiger partial charge >= 0.3 is 5.97 Å². The third-order valence-corrected chi connectivity index (χ3v) is 6.33. The van der Waals surface area contributed by atoms with Crippen molar-refractivity contribution in [2.75, 3.05) is 19.7 Å². The van der Waals surface area contributed by atoms with Crippen LogP contribution >= 0.6 is 15.9 Å². The maximum absolute atomic E-state index is 12.7. The molecule has 0 saturated carbocycles. The van der Waals surface area contributed by atoms with Gasteiger partial charge in [0, 0.05) is 27.6 Å². The van der Waals surface area contributed by atoms with E-state index in [1.54, 1.807) is 0 Å². The number of H-pyrrole nitrogens is 1. The zero-order chi connectivity index (χ0) is 16.9. The number of fused-ring (bicyclic) bond motifs is 5. The molecular weight excluding hydrogens is 368 g/mol. The molecule has 2 aliphatic heterocycles. The summed E-state index contributed by atoms with van der Waals surface area (Å²) in [6, 6.07) is 6.40. The molecule has 0 radical (unpaired) electrons. The van der Waals surface area contributed by atoms with E-state index in [-0.39, 0.29) is 17.4 Å². The number of aromatic nitrogens is 1. The van der Waals surface area contributed by atoms with E-state index in [1.807, 2.05) is 6.92 Å². The first kappa shape index (κ1) is 16.2. The van der Waals surface area contributed by atoms with Crippen molar-refractivity contribution in [2.24, 2.45) is 5.92 Å². The zero-order valence-corrected chi connectivity index (χ0v) is 15.8. The first-order valence-electron chi connectivity index (χ1n) is 8.78. The molecule has 0 aliphatic carbocycles. The highest BCUT2D eigenvalue weighted by atomic mass is 79.9. The minimum atomic E-state index is -0.302. The van der Waals surface area contributed by atoms with Crippen LogP contribution in [0.15, 0.2) is 22.7 Å². The average molecular weight is 391 g/mol. The first-order valence-corrected chi connectivity index (χ1v) is 9.57. The van der Waals surface area contributed by atoms with Gasteiger partial charge in [0.2, 0.25) is 0 Å². The summed E-state index contributed by atoms with van der Waals surface area (Å²) >= 11 is 3.56. The Morgan fingerprint density at radius 2 is 2.29 bits per heavy atom. The smallest absolute Gasteiger partial charge is 0.311 e. The molecule has 2 unspecified atom stereocenters. The first-order chi connectivity index (χ1) is 11.6. The largest absolute Gasteiger partial charge is 0.466 e. The van der Waals surface area contributed by atoms with Crippen molar-refractivity contribution in [1.82, 2.24) is 9.88 Å². The molecule has 1 N–H and O–H groups in total. The predicted octanol–water partition coefficient (Wildman–Crippen LogP) is 3.98. The molecule has 3 heterocycles. The Bertz CT molecular complexity index is 800. The van der Waals surface area contributed by atoms with Gasteiger partial charge in [-0.15, -0.1) is 0 Å². The molecule has 2 aliphatic rings. The predicted molar refractivity (Wildman–Crippen MR) is 98.0 cm³/mol. The molecule has 1 aromatic carbocycles. The fraction of sp³-hybridized carbons (Fsp3) is 0.526. The fourth-order valence-electron chi connectivity index (χ4n) is 4.65. The van der Waals surface area contributed by atoms with Crippen LogP contribution in [0.5, 0.6) is 0 Å². The van der Waals surface area contributed by atoms with Crippen LogP contribution in [0.2, 0.25) is 0 Å².